The molecule has 4 aliphatic rings. The van der Waals surface area contributed by atoms with Crippen LogP contribution < -0.4 is 0 Å². The monoisotopic (exact) mass is 343 g/mol. The van der Waals surface area contributed by atoms with Crippen molar-refractivity contribution in [1.29, 1.82) is 0 Å². The second-order valence-corrected chi connectivity index (χ2v) is 8.10. The number of piperidine rings is 1. The van der Waals surface area contributed by atoms with E-state index in [4.69, 9.17) is 0 Å². The molecule has 3 saturated heterocycles. The van der Waals surface area contributed by atoms with Crippen molar-refractivity contribution in [3.8, 4) is 0 Å². The summed E-state index contributed by atoms with van der Waals surface area (Å²) in [7, 11) is 0. The molecule has 4 fully saturated rings. The lowest BCUT2D eigenvalue weighted by Gasteiger charge is -2.36. The second-order valence-electron chi connectivity index (χ2n) is 8.10. The molecule has 1 aromatic rings. The Morgan fingerprint density at radius 3 is 2.56 bits per heavy atom. The Morgan fingerprint density at radius 2 is 1.92 bits per heavy atom. The van der Waals surface area contributed by atoms with E-state index in [1.165, 1.54) is 12.8 Å². The minimum absolute atomic E-state index is 0.00360. The molecule has 2 bridgehead atoms. The SMILES string of the molecule is CCn1c(C)cc(C(=O)N2C[C@@H]3CC[C@H](C2)N(CC2CC2)C3=O)c1C. The number of hydrogen-bond donors (Lipinski definition) is 0. The van der Waals surface area contributed by atoms with Gasteiger partial charge in [-0.25, -0.2) is 0 Å². The van der Waals surface area contributed by atoms with E-state index >= 15 is 0 Å². The van der Waals surface area contributed by atoms with Crippen LogP contribution in [-0.2, 0) is 11.3 Å². The molecule has 1 aliphatic carbocycles. The van der Waals surface area contributed by atoms with Gasteiger partial charge >= 0.3 is 0 Å². The van der Waals surface area contributed by atoms with E-state index in [0.29, 0.717) is 19.0 Å². The molecule has 25 heavy (non-hydrogen) atoms. The smallest absolute Gasteiger partial charge is 0.255 e. The van der Waals surface area contributed by atoms with Gasteiger partial charge in [0.05, 0.1) is 11.5 Å². The van der Waals surface area contributed by atoms with Gasteiger partial charge in [0.25, 0.3) is 5.91 Å². The largest absolute Gasteiger partial charge is 0.349 e. The third kappa shape index (κ3) is 2.87. The summed E-state index contributed by atoms with van der Waals surface area (Å²) in [4.78, 5) is 30.1. The van der Waals surface area contributed by atoms with Crippen LogP contribution in [0.2, 0.25) is 0 Å². The maximum absolute atomic E-state index is 13.2. The molecule has 1 aromatic heterocycles. The average Bonchev–Trinajstić information content (AvgIpc) is 3.39. The van der Waals surface area contributed by atoms with Crippen molar-refractivity contribution >= 4 is 11.8 Å². The van der Waals surface area contributed by atoms with E-state index < -0.39 is 0 Å². The first kappa shape index (κ1) is 16.7. The summed E-state index contributed by atoms with van der Waals surface area (Å²) < 4.78 is 2.18. The fourth-order valence-corrected chi connectivity index (χ4v) is 4.70. The number of aromatic nitrogens is 1. The molecule has 2 amide bonds. The van der Waals surface area contributed by atoms with E-state index in [1.807, 2.05) is 17.9 Å². The lowest BCUT2D eigenvalue weighted by molar-refractivity contribution is -0.140. The zero-order valence-corrected chi connectivity index (χ0v) is 15.6. The van der Waals surface area contributed by atoms with Gasteiger partial charge < -0.3 is 14.4 Å². The van der Waals surface area contributed by atoms with Crippen molar-refractivity contribution in [2.24, 2.45) is 11.8 Å². The maximum atomic E-state index is 13.2. The number of nitrogens with zero attached hydrogens (tertiary/aromatic N) is 3. The summed E-state index contributed by atoms with van der Waals surface area (Å²) >= 11 is 0. The number of fused-ring (bicyclic) bond motifs is 4. The molecule has 0 aromatic carbocycles. The van der Waals surface area contributed by atoms with Gasteiger partial charge in [0.15, 0.2) is 0 Å². The van der Waals surface area contributed by atoms with Crippen molar-refractivity contribution in [3.63, 3.8) is 0 Å². The Morgan fingerprint density at radius 1 is 1.16 bits per heavy atom. The normalized spacial score (nSPS) is 26.3. The Kier molecular flexibility index (Phi) is 4.13. The summed E-state index contributed by atoms with van der Waals surface area (Å²) in [6.07, 6.45) is 4.49. The first-order valence-corrected chi connectivity index (χ1v) is 9.76. The molecule has 3 aliphatic heterocycles. The number of carbonyl (C=O) groups excluding carboxylic acids is 2. The molecular weight excluding hydrogens is 314 g/mol. The molecule has 0 unspecified atom stereocenters. The van der Waals surface area contributed by atoms with Crippen LogP contribution in [-0.4, -0.2) is 51.9 Å². The highest BCUT2D eigenvalue weighted by Gasteiger charge is 2.43. The van der Waals surface area contributed by atoms with Gasteiger partial charge in [-0.15, -0.1) is 0 Å². The Hall–Kier alpha value is -1.78. The van der Waals surface area contributed by atoms with E-state index in [2.05, 4.69) is 23.3 Å². The molecule has 0 spiro atoms. The average molecular weight is 343 g/mol. The highest BCUT2D eigenvalue weighted by atomic mass is 16.2. The predicted octanol–water partition coefficient (Wildman–Crippen LogP) is 2.60. The fraction of sp³-hybridized carbons (Fsp3) is 0.700. The summed E-state index contributed by atoms with van der Waals surface area (Å²) in [6, 6.07) is 2.23. The van der Waals surface area contributed by atoms with Crippen LogP contribution in [0.4, 0.5) is 0 Å². The van der Waals surface area contributed by atoms with Gasteiger partial charge in [-0.3, -0.25) is 9.59 Å². The number of hydrogen-bond acceptors (Lipinski definition) is 2. The first-order valence-electron chi connectivity index (χ1n) is 9.76. The van der Waals surface area contributed by atoms with Crippen LogP contribution >= 0.6 is 0 Å². The van der Waals surface area contributed by atoms with Gasteiger partial charge in [-0.05, 0) is 58.4 Å². The molecule has 5 rings (SSSR count). The topological polar surface area (TPSA) is 45.6 Å². The Balaban J connectivity index is 1.57. The minimum atomic E-state index is -0.00360. The molecule has 136 valence electrons. The molecule has 4 heterocycles. The van der Waals surface area contributed by atoms with Crippen LogP contribution in [0.3, 0.4) is 0 Å². The Bertz CT molecular complexity index is 704. The Labute approximate surface area is 150 Å². The summed E-state index contributed by atoms with van der Waals surface area (Å²) in [5.74, 6) is 1.09. The zero-order valence-electron chi connectivity index (χ0n) is 15.6. The molecule has 5 nitrogen and oxygen atoms in total. The highest BCUT2D eigenvalue weighted by molar-refractivity contribution is 5.96. The standard InChI is InChI=1S/C20H29N3O2/c1-4-22-13(2)9-18(14(22)3)20(25)21-11-16-7-8-17(12-21)23(19(16)24)10-15-5-6-15/h9,15-17H,4-8,10-12H2,1-3H3/t16-,17+/m0/s1. The van der Waals surface area contributed by atoms with E-state index in [9.17, 15) is 9.59 Å². The van der Waals surface area contributed by atoms with Gasteiger partial charge in [0.2, 0.25) is 5.91 Å². The number of aryl methyl sites for hydroxylation is 1. The van der Waals surface area contributed by atoms with Crippen molar-refractivity contribution in [2.45, 2.75) is 59.0 Å². The molecular formula is C20H29N3O2. The summed E-state index contributed by atoms with van der Waals surface area (Å²) in [5.41, 5.74) is 2.98. The van der Waals surface area contributed by atoms with Crippen LogP contribution in [0.1, 0.15) is 54.4 Å². The van der Waals surface area contributed by atoms with Gasteiger partial charge in [0, 0.05) is 43.6 Å². The van der Waals surface area contributed by atoms with Crippen LogP contribution in [0.25, 0.3) is 0 Å². The quantitative estimate of drug-likeness (QED) is 0.843. The fourth-order valence-electron chi connectivity index (χ4n) is 4.70. The third-order valence-corrected chi connectivity index (χ3v) is 6.35. The van der Waals surface area contributed by atoms with Gasteiger partial charge in [-0.1, -0.05) is 0 Å². The molecule has 0 N–H and O–H groups in total. The number of amides is 2. The lowest BCUT2D eigenvalue weighted by Crippen LogP contribution is -2.48. The molecule has 1 saturated carbocycles. The van der Waals surface area contributed by atoms with Crippen LogP contribution in [0, 0.1) is 25.7 Å². The first-order chi connectivity index (χ1) is 12.0. The van der Waals surface area contributed by atoms with Crippen LogP contribution in [0.15, 0.2) is 6.07 Å². The summed E-state index contributed by atoms with van der Waals surface area (Å²) in [6.45, 7) is 9.26. The van der Waals surface area contributed by atoms with Crippen molar-refractivity contribution < 1.29 is 9.59 Å². The summed E-state index contributed by atoms with van der Waals surface area (Å²) in [5, 5.41) is 0. The molecule has 5 heteroatoms. The maximum Gasteiger partial charge on any atom is 0.255 e. The number of carbonyl (C=O) groups is 2. The predicted molar refractivity (Wildman–Crippen MR) is 96.4 cm³/mol. The van der Waals surface area contributed by atoms with Gasteiger partial charge in [0.1, 0.15) is 0 Å². The minimum Gasteiger partial charge on any atom is -0.349 e. The van der Waals surface area contributed by atoms with Gasteiger partial charge in [-0.2, -0.15) is 0 Å². The van der Waals surface area contributed by atoms with Crippen LogP contribution in [0.5, 0.6) is 0 Å². The third-order valence-electron chi connectivity index (χ3n) is 6.35. The molecule has 0 radical (unpaired) electrons. The highest BCUT2D eigenvalue weighted by Crippen LogP contribution is 2.36. The van der Waals surface area contributed by atoms with E-state index in [-0.39, 0.29) is 23.8 Å². The van der Waals surface area contributed by atoms with E-state index in [1.54, 1.807) is 0 Å². The van der Waals surface area contributed by atoms with E-state index in [0.717, 1.165) is 42.9 Å². The van der Waals surface area contributed by atoms with Crippen molar-refractivity contribution in [2.75, 3.05) is 19.6 Å². The zero-order chi connectivity index (χ0) is 17.7. The lowest BCUT2D eigenvalue weighted by atomic mass is 9.94. The second kappa shape index (κ2) is 6.19. The number of rotatable bonds is 4. The van der Waals surface area contributed by atoms with Crippen molar-refractivity contribution in [3.05, 3.63) is 23.0 Å². The molecule has 2 atom stereocenters. The van der Waals surface area contributed by atoms with Crippen molar-refractivity contribution in [1.82, 2.24) is 14.4 Å².